The largest absolute Gasteiger partial charge is 0.497 e. The van der Waals surface area contributed by atoms with Crippen molar-refractivity contribution < 1.29 is 9.53 Å². The summed E-state index contributed by atoms with van der Waals surface area (Å²) in [5.74, 6) is 2.38. The molecule has 4 rings (SSSR count). The van der Waals surface area contributed by atoms with Crippen LogP contribution >= 0.6 is 35.0 Å². The fraction of sp³-hybridized carbons (Fsp3) is 0.222. The van der Waals surface area contributed by atoms with Crippen molar-refractivity contribution in [1.29, 1.82) is 0 Å². The number of carbonyl (C=O) groups is 1. The van der Waals surface area contributed by atoms with Crippen LogP contribution in [0.2, 0.25) is 10.0 Å². The average molecular weight is 557 g/mol. The van der Waals surface area contributed by atoms with E-state index in [-0.39, 0.29) is 12.6 Å². The van der Waals surface area contributed by atoms with Gasteiger partial charge in [-0.1, -0.05) is 73.1 Å². The van der Waals surface area contributed by atoms with Gasteiger partial charge in [-0.05, 0) is 59.5 Å². The molecule has 0 aliphatic carbocycles. The summed E-state index contributed by atoms with van der Waals surface area (Å²) in [4.78, 5) is 12.6. The van der Waals surface area contributed by atoms with Crippen LogP contribution in [-0.4, -0.2) is 27.9 Å². The Labute approximate surface area is 230 Å². The van der Waals surface area contributed by atoms with E-state index in [1.807, 2.05) is 59.2 Å². The van der Waals surface area contributed by atoms with Crippen molar-refractivity contribution >= 4 is 46.7 Å². The maximum Gasteiger partial charge on any atom is 0.319 e. The van der Waals surface area contributed by atoms with Gasteiger partial charge in [-0.3, -0.25) is 4.57 Å². The zero-order chi connectivity index (χ0) is 26.4. The van der Waals surface area contributed by atoms with E-state index in [1.165, 1.54) is 17.3 Å². The number of halogens is 2. The summed E-state index contributed by atoms with van der Waals surface area (Å²) < 4.78 is 7.16. The third kappa shape index (κ3) is 6.97. The Morgan fingerprint density at radius 2 is 1.84 bits per heavy atom. The molecule has 2 N–H and O–H groups in total. The number of aromatic nitrogens is 3. The fourth-order valence-corrected chi connectivity index (χ4v) is 5.01. The summed E-state index contributed by atoms with van der Waals surface area (Å²) in [6.45, 7) is 4.39. The first-order valence-corrected chi connectivity index (χ1v) is 13.4. The lowest BCUT2D eigenvalue weighted by Gasteiger charge is -2.13. The van der Waals surface area contributed by atoms with Gasteiger partial charge in [0.2, 0.25) is 0 Å². The number of hydrogen-bond acceptors (Lipinski definition) is 5. The predicted molar refractivity (Wildman–Crippen MR) is 150 cm³/mol. The van der Waals surface area contributed by atoms with E-state index < -0.39 is 0 Å². The lowest BCUT2D eigenvalue weighted by Crippen LogP contribution is -2.29. The van der Waals surface area contributed by atoms with Gasteiger partial charge < -0.3 is 15.4 Å². The van der Waals surface area contributed by atoms with Gasteiger partial charge in [0.25, 0.3) is 0 Å². The van der Waals surface area contributed by atoms with Gasteiger partial charge in [0, 0.05) is 16.5 Å². The highest BCUT2D eigenvalue weighted by Gasteiger charge is 2.18. The van der Waals surface area contributed by atoms with Crippen molar-refractivity contribution in [3.8, 4) is 11.4 Å². The van der Waals surface area contributed by atoms with Gasteiger partial charge in [0.05, 0.1) is 24.4 Å². The maximum atomic E-state index is 12.6. The summed E-state index contributed by atoms with van der Waals surface area (Å²) in [5, 5.41) is 16.0. The van der Waals surface area contributed by atoms with Crippen molar-refractivity contribution in [2.75, 3.05) is 12.4 Å². The standard InChI is InChI=1S/C27H27Cl2N5O2S/c1-17(2)19-7-10-21(11-8-19)31-26(35)30-15-25-32-33-27(34(25)24-12-9-20(28)14-23(24)29)37-16-18-5-4-6-22(13-18)36-3/h4-14,17H,15-16H2,1-3H3,(H2,30,31,35). The van der Waals surface area contributed by atoms with E-state index >= 15 is 0 Å². The molecule has 192 valence electrons. The molecule has 1 heterocycles. The molecule has 2 amide bonds. The van der Waals surface area contributed by atoms with Gasteiger partial charge >= 0.3 is 6.03 Å². The van der Waals surface area contributed by atoms with Crippen LogP contribution in [0.25, 0.3) is 5.69 Å². The van der Waals surface area contributed by atoms with Crippen LogP contribution in [0.3, 0.4) is 0 Å². The van der Waals surface area contributed by atoms with Crippen LogP contribution in [0.5, 0.6) is 5.75 Å². The fourth-order valence-electron chi connectivity index (χ4n) is 3.61. The van der Waals surface area contributed by atoms with Crippen molar-refractivity contribution in [3.63, 3.8) is 0 Å². The lowest BCUT2D eigenvalue weighted by molar-refractivity contribution is 0.251. The number of ether oxygens (including phenoxy) is 1. The molecule has 7 nitrogen and oxygen atoms in total. The van der Waals surface area contributed by atoms with E-state index in [1.54, 1.807) is 19.2 Å². The van der Waals surface area contributed by atoms with Crippen molar-refractivity contribution in [3.05, 3.63) is 93.7 Å². The lowest BCUT2D eigenvalue weighted by atomic mass is 10.0. The number of methoxy groups -OCH3 is 1. The Bertz CT molecular complexity index is 1380. The Kier molecular flexibility index (Phi) is 8.97. The zero-order valence-corrected chi connectivity index (χ0v) is 23.0. The second-order valence-electron chi connectivity index (χ2n) is 8.55. The van der Waals surface area contributed by atoms with Gasteiger partial charge in [-0.15, -0.1) is 10.2 Å². The number of urea groups is 1. The zero-order valence-electron chi connectivity index (χ0n) is 20.7. The van der Waals surface area contributed by atoms with Crippen LogP contribution in [0, 0.1) is 0 Å². The molecule has 0 fully saturated rings. The molecule has 1 aromatic heterocycles. The number of thioether (sulfide) groups is 1. The number of rotatable bonds is 9. The van der Waals surface area contributed by atoms with Crippen LogP contribution in [-0.2, 0) is 12.3 Å². The Morgan fingerprint density at radius 1 is 1.05 bits per heavy atom. The Hall–Kier alpha value is -3.20. The molecule has 0 radical (unpaired) electrons. The highest BCUT2D eigenvalue weighted by molar-refractivity contribution is 7.98. The third-order valence-corrected chi connectivity index (χ3v) is 7.13. The second-order valence-corrected chi connectivity index (χ2v) is 10.3. The number of amides is 2. The summed E-state index contributed by atoms with van der Waals surface area (Å²) in [5.41, 5.74) is 3.66. The van der Waals surface area contributed by atoms with Crippen molar-refractivity contribution in [2.45, 2.75) is 37.2 Å². The third-order valence-electron chi connectivity index (χ3n) is 5.60. The first-order chi connectivity index (χ1) is 17.8. The highest BCUT2D eigenvalue weighted by atomic mass is 35.5. The molecule has 37 heavy (non-hydrogen) atoms. The SMILES string of the molecule is COc1cccc(CSc2nnc(CNC(=O)Nc3ccc(C(C)C)cc3)n2-c2ccc(Cl)cc2Cl)c1. The maximum absolute atomic E-state index is 12.6. The van der Waals surface area contributed by atoms with Crippen LogP contribution in [0.4, 0.5) is 10.5 Å². The van der Waals surface area contributed by atoms with Gasteiger partial charge in [0.1, 0.15) is 5.75 Å². The molecular formula is C27H27Cl2N5O2S. The number of nitrogens with one attached hydrogen (secondary N) is 2. The number of hydrogen-bond donors (Lipinski definition) is 2. The number of benzene rings is 3. The van der Waals surface area contributed by atoms with Gasteiger partial charge in [-0.2, -0.15) is 0 Å². The van der Waals surface area contributed by atoms with E-state index in [9.17, 15) is 4.79 Å². The topological polar surface area (TPSA) is 81.1 Å². The van der Waals surface area contributed by atoms with Crippen molar-refractivity contribution in [1.82, 2.24) is 20.1 Å². The quantitative estimate of drug-likeness (QED) is 0.211. The van der Waals surface area contributed by atoms with E-state index in [2.05, 4.69) is 34.7 Å². The molecule has 0 bridgehead atoms. The summed E-state index contributed by atoms with van der Waals surface area (Å²) >= 11 is 14.2. The predicted octanol–water partition coefficient (Wildman–Crippen LogP) is 7.32. The van der Waals surface area contributed by atoms with E-state index in [0.29, 0.717) is 44.1 Å². The minimum absolute atomic E-state index is 0.140. The minimum atomic E-state index is -0.348. The molecular weight excluding hydrogens is 529 g/mol. The molecule has 0 aliphatic heterocycles. The van der Waals surface area contributed by atoms with Crippen molar-refractivity contribution in [2.24, 2.45) is 0 Å². The van der Waals surface area contributed by atoms with Gasteiger partial charge in [-0.25, -0.2) is 4.79 Å². The monoisotopic (exact) mass is 555 g/mol. The first-order valence-electron chi connectivity index (χ1n) is 11.6. The smallest absolute Gasteiger partial charge is 0.319 e. The molecule has 3 aromatic carbocycles. The molecule has 0 saturated heterocycles. The molecule has 0 aliphatic rings. The van der Waals surface area contributed by atoms with Gasteiger partial charge in [0.15, 0.2) is 11.0 Å². The van der Waals surface area contributed by atoms with Crippen LogP contribution in [0.15, 0.2) is 71.9 Å². The normalized spacial score (nSPS) is 11.0. The molecule has 0 saturated carbocycles. The number of nitrogens with zero attached hydrogens (tertiary/aromatic N) is 3. The second kappa shape index (κ2) is 12.4. The highest BCUT2D eigenvalue weighted by Crippen LogP contribution is 2.31. The molecule has 10 heteroatoms. The van der Waals surface area contributed by atoms with Crippen LogP contribution in [0.1, 0.15) is 36.7 Å². The minimum Gasteiger partial charge on any atom is -0.497 e. The number of anilines is 1. The molecule has 0 unspecified atom stereocenters. The van der Waals surface area contributed by atoms with Crippen LogP contribution < -0.4 is 15.4 Å². The molecule has 0 atom stereocenters. The molecule has 0 spiro atoms. The Morgan fingerprint density at radius 3 is 2.54 bits per heavy atom. The summed E-state index contributed by atoms with van der Waals surface area (Å²) in [7, 11) is 1.64. The molecule has 4 aromatic rings. The average Bonchev–Trinajstić information content (AvgIpc) is 3.29. The first kappa shape index (κ1) is 26.9. The summed E-state index contributed by atoms with van der Waals surface area (Å²) in [6, 6.07) is 20.5. The Balaban J connectivity index is 1.52. The van der Waals surface area contributed by atoms with E-state index in [4.69, 9.17) is 27.9 Å². The van der Waals surface area contributed by atoms with E-state index in [0.717, 1.165) is 11.3 Å². The number of carbonyl (C=O) groups excluding carboxylic acids is 1. The summed E-state index contributed by atoms with van der Waals surface area (Å²) in [6.07, 6.45) is 0.